The second-order valence-electron chi connectivity index (χ2n) is 9.85. The monoisotopic (exact) mass is 507 g/mol. The van der Waals surface area contributed by atoms with E-state index in [9.17, 15) is 27.5 Å². The van der Waals surface area contributed by atoms with Gasteiger partial charge in [-0.2, -0.15) is 5.10 Å². The van der Waals surface area contributed by atoms with E-state index in [1.807, 2.05) is 0 Å². The zero-order chi connectivity index (χ0) is 25.8. The fourth-order valence-electron chi connectivity index (χ4n) is 4.43. The number of alkyl halides is 3. The van der Waals surface area contributed by atoms with Crippen molar-refractivity contribution in [1.29, 1.82) is 0 Å². The van der Waals surface area contributed by atoms with Crippen LogP contribution in [0.3, 0.4) is 0 Å². The summed E-state index contributed by atoms with van der Waals surface area (Å²) >= 11 is 0. The quantitative estimate of drug-likeness (QED) is 0.346. The maximum Gasteiger partial charge on any atom is 0.270 e. The maximum atomic E-state index is 14.7. The molecule has 0 bridgehead atoms. The summed E-state index contributed by atoms with van der Waals surface area (Å²) in [6.45, 7) is 2.04. The van der Waals surface area contributed by atoms with Crippen molar-refractivity contribution in [2.75, 3.05) is 17.2 Å². The predicted octanol–water partition coefficient (Wildman–Crippen LogP) is 3.30. The van der Waals surface area contributed by atoms with E-state index in [4.69, 9.17) is 0 Å². The van der Waals surface area contributed by atoms with Gasteiger partial charge in [0.1, 0.15) is 12.0 Å². The highest BCUT2D eigenvalue weighted by Gasteiger charge is 2.65. The molecule has 0 spiro atoms. The largest absolute Gasteiger partial charge is 0.387 e. The summed E-state index contributed by atoms with van der Waals surface area (Å²) in [5.74, 6) is -5.33. The van der Waals surface area contributed by atoms with Crippen molar-refractivity contribution >= 4 is 28.9 Å². The molecule has 4 N–H and O–H groups in total. The number of nitrogens with one attached hydrogen (secondary N) is 3. The summed E-state index contributed by atoms with van der Waals surface area (Å²) in [6, 6.07) is 1.67. The average Bonchev–Trinajstić information content (AvgIpc) is 3.38. The van der Waals surface area contributed by atoms with Crippen molar-refractivity contribution < 1.29 is 27.5 Å². The molecule has 2 saturated carbocycles. The van der Waals surface area contributed by atoms with Crippen LogP contribution in [0.25, 0.3) is 5.65 Å². The first kappa shape index (κ1) is 24.2. The average molecular weight is 507 g/mol. The number of fused-ring (bicyclic) bond motifs is 2. The summed E-state index contributed by atoms with van der Waals surface area (Å²) in [7, 11) is 0. The Morgan fingerprint density at radius 2 is 2.14 bits per heavy atom. The third-order valence-electron chi connectivity index (χ3n) is 6.69. The second-order valence-corrected chi connectivity index (χ2v) is 9.85. The molecular formula is C23H25F4N7O2. The molecule has 36 heavy (non-hydrogen) atoms. The number of aromatic nitrogens is 4. The number of nitrogens with zero attached hydrogens (tertiary/aromatic N) is 4. The first-order valence-corrected chi connectivity index (χ1v) is 11.5. The minimum atomic E-state index is -2.96. The van der Waals surface area contributed by atoms with E-state index < -0.39 is 47.9 Å². The van der Waals surface area contributed by atoms with E-state index in [0.717, 1.165) is 12.4 Å². The normalized spacial score (nSPS) is 23.2. The highest BCUT2D eigenvalue weighted by Crippen LogP contribution is 2.60. The third-order valence-corrected chi connectivity index (χ3v) is 6.69. The number of pyridine rings is 1. The Labute approximate surface area is 203 Å². The van der Waals surface area contributed by atoms with Crippen LogP contribution in [-0.2, 0) is 0 Å². The van der Waals surface area contributed by atoms with Crippen LogP contribution in [0.1, 0.15) is 37.0 Å². The van der Waals surface area contributed by atoms with Gasteiger partial charge in [0, 0.05) is 24.2 Å². The minimum absolute atomic E-state index is 0.0282. The zero-order valence-corrected chi connectivity index (χ0v) is 19.5. The third kappa shape index (κ3) is 4.54. The maximum absolute atomic E-state index is 14.7. The van der Waals surface area contributed by atoms with Gasteiger partial charge in [-0.05, 0) is 32.6 Å². The van der Waals surface area contributed by atoms with E-state index in [2.05, 4.69) is 31.0 Å². The highest BCUT2D eigenvalue weighted by atomic mass is 19.3. The van der Waals surface area contributed by atoms with Crippen LogP contribution in [-0.4, -0.2) is 60.9 Å². The fourth-order valence-corrected chi connectivity index (χ4v) is 4.43. The predicted molar refractivity (Wildman–Crippen MR) is 123 cm³/mol. The van der Waals surface area contributed by atoms with Crippen LogP contribution < -0.4 is 16.0 Å². The lowest BCUT2D eigenvalue weighted by Gasteiger charge is -2.26. The Morgan fingerprint density at radius 1 is 1.36 bits per heavy atom. The molecule has 0 saturated heterocycles. The van der Waals surface area contributed by atoms with Crippen molar-refractivity contribution in [1.82, 2.24) is 24.9 Å². The lowest BCUT2D eigenvalue weighted by atomic mass is 10.0. The second kappa shape index (κ2) is 8.57. The van der Waals surface area contributed by atoms with Gasteiger partial charge < -0.3 is 21.1 Å². The van der Waals surface area contributed by atoms with Crippen molar-refractivity contribution in [2.45, 2.75) is 50.4 Å². The molecule has 9 nitrogen and oxygen atoms in total. The minimum Gasteiger partial charge on any atom is -0.387 e. The summed E-state index contributed by atoms with van der Waals surface area (Å²) in [6.07, 6.45) is 2.64. The van der Waals surface area contributed by atoms with Gasteiger partial charge in [0.05, 0.1) is 41.8 Å². The first-order valence-electron chi connectivity index (χ1n) is 11.5. The van der Waals surface area contributed by atoms with E-state index in [1.165, 1.54) is 30.6 Å². The van der Waals surface area contributed by atoms with Gasteiger partial charge in [-0.15, -0.1) is 0 Å². The van der Waals surface area contributed by atoms with E-state index in [0.29, 0.717) is 12.1 Å². The van der Waals surface area contributed by atoms with Crippen LogP contribution in [0, 0.1) is 17.7 Å². The molecule has 3 heterocycles. The molecule has 1 amide bonds. The van der Waals surface area contributed by atoms with Crippen LogP contribution in [0.2, 0.25) is 0 Å². The van der Waals surface area contributed by atoms with Crippen molar-refractivity contribution in [3.8, 4) is 0 Å². The number of carbonyl (C=O) groups is 1. The van der Waals surface area contributed by atoms with E-state index in [-0.39, 0.29) is 35.2 Å². The molecule has 4 unspecified atom stereocenters. The molecule has 3 aromatic heterocycles. The lowest BCUT2D eigenvalue weighted by Crippen LogP contribution is -2.42. The Bertz CT molecular complexity index is 1310. The van der Waals surface area contributed by atoms with Crippen LogP contribution >= 0.6 is 0 Å². The molecule has 0 radical (unpaired) electrons. The highest BCUT2D eigenvalue weighted by molar-refractivity contribution is 6.00. The number of carbonyl (C=O) groups excluding carboxylic acids is 1. The van der Waals surface area contributed by atoms with Gasteiger partial charge in [0.25, 0.3) is 11.8 Å². The van der Waals surface area contributed by atoms with Crippen molar-refractivity contribution in [2.24, 2.45) is 11.8 Å². The molecule has 0 aromatic carbocycles. The Balaban J connectivity index is 1.42. The standard InChI is InChI=1S/C23H25F4N7O2/c1-22(2,36)16(25)9-29-21(35)12-8-28-18(32-20-14(24)10-34-19(33-20)3-4-30-34)7-15(12)31-17-6-11-5-13(11)23(17,26)27/h3-4,7-8,10-11,13,16-17,36H,5-6,9H2,1-2H3,(H,29,35)(H2,28,31,32,33). The number of amides is 1. The molecule has 0 aliphatic heterocycles. The topological polar surface area (TPSA) is 116 Å². The number of hydrogen-bond acceptors (Lipinski definition) is 7. The van der Waals surface area contributed by atoms with Gasteiger partial charge in [0.2, 0.25) is 0 Å². The zero-order valence-electron chi connectivity index (χ0n) is 19.5. The molecule has 5 rings (SSSR count). The lowest BCUT2D eigenvalue weighted by molar-refractivity contribution is -0.0240. The van der Waals surface area contributed by atoms with E-state index >= 15 is 0 Å². The molecule has 2 aliphatic carbocycles. The summed E-state index contributed by atoms with van der Waals surface area (Å²) in [5.41, 5.74) is -1.38. The summed E-state index contributed by atoms with van der Waals surface area (Å²) in [5, 5.41) is 21.5. The first-order chi connectivity index (χ1) is 16.9. The van der Waals surface area contributed by atoms with Crippen LogP contribution in [0.15, 0.2) is 30.7 Å². The van der Waals surface area contributed by atoms with E-state index in [1.54, 1.807) is 6.07 Å². The molecule has 2 aliphatic rings. The summed E-state index contributed by atoms with van der Waals surface area (Å²) < 4.78 is 59.3. The molecule has 2 fully saturated rings. The summed E-state index contributed by atoms with van der Waals surface area (Å²) in [4.78, 5) is 21.0. The van der Waals surface area contributed by atoms with Crippen LogP contribution in [0.4, 0.5) is 34.9 Å². The number of rotatable bonds is 8. The molecular weight excluding hydrogens is 482 g/mol. The van der Waals surface area contributed by atoms with Gasteiger partial charge in [-0.3, -0.25) is 4.79 Å². The number of hydrogen-bond donors (Lipinski definition) is 4. The molecule has 4 atom stereocenters. The van der Waals surface area contributed by atoms with Gasteiger partial charge in [0.15, 0.2) is 17.3 Å². The molecule has 3 aromatic rings. The molecule has 192 valence electrons. The Kier molecular flexibility index (Phi) is 5.77. The van der Waals surface area contributed by atoms with Gasteiger partial charge in [-0.25, -0.2) is 32.0 Å². The SMILES string of the molecule is CC(C)(O)C(F)CNC(=O)c1cnc(Nc2nc3ccnn3cc2F)cc1NC1CC2CC2C1(F)F. The molecule has 13 heteroatoms. The van der Waals surface area contributed by atoms with Gasteiger partial charge in [-0.1, -0.05) is 0 Å². The van der Waals surface area contributed by atoms with Crippen molar-refractivity contribution in [3.05, 3.63) is 42.1 Å². The number of halogens is 4. The smallest absolute Gasteiger partial charge is 0.270 e. The number of anilines is 3. The number of aliphatic hydroxyl groups is 1. The van der Waals surface area contributed by atoms with Crippen molar-refractivity contribution in [3.63, 3.8) is 0 Å². The van der Waals surface area contributed by atoms with Gasteiger partial charge >= 0.3 is 0 Å². The van der Waals surface area contributed by atoms with Crippen LogP contribution in [0.5, 0.6) is 0 Å². The Morgan fingerprint density at radius 3 is 2.83 bits per heavy atom. The fraction of sp³-hybridized carbons (Fsp3) is 0.478. The Hall–Kier alpha value is -3.48.